The molecule has 0 aromatic heterocycles. The highest BCUT2D eigenvalue weighted by Gasteiger charge is 2.41. The molecular weight excluding hydrogens is 369 g/mol. The zero-order chi connectivity index (χ0) is 20.5. The Hall–Kier alpha value is -1.60. The number of fused-ring (bicyclic) bond motifs is 1. The van der Waals surface area contributed by atoms with Gasteiger partial charge in [0.25, 0.3) is 0 Å². The van der Waals surface area contributed by atoms with Gasteiger partial charge in [-0.3, -0.25) is 4.79 Å². The lowest BCUT2D eigenvalue weighted by molar-refractivity contribution is -0.185. The van der Waals surface area contributed by atoms with E-state index >= 15 is 0 Å². The molecule has 1 amide bonds. The summed E-state index contributed by atoms with van der Waals surface area (Å²) in [6, 6.07) is 5.67. The maximum atomic E-state index is 12.8. The normalized spacial score (nSPS) is 20.3. The Morgan fingerprint density at radius 3 is 2.50 bits per heavy atom. The number of piperidine rings is 1. The molecule has 1 fully saturated rings. The van der Waals surface area contributed by atoms with Gasteiger partial charge < -0.3 is 14.9 Å². The van der Waals surface area contributed by atoms with Gasteiger partial charge in [-0.25, -0.2) is 0 Å². The van der Waals surface area contributed by atoms with Crippen LogP contribution in [-0.2, 0) is 11.2 Å². The van der Waals surface area contributed by atoms with Crippen molar-refractivity contribution in [3.8, 4) is 0 Å². The zero-order valence-electron chi connectivity index (χ0n) is 16.5. The predicted molar refractivity (Wildman–Crippen MR) is 102 cm³/mol. The monoisotopic (exact) mass is 398 g/mol. The molecule has 1 atom stereocenters. The molecule has 7 heteroatoms. The Balaban J connectivity index is 1.64. The van der Waals surface area contributed by atoms with E-state index in [-0.39, 0.29) is 24.7 Å². The highest BCUT2D eigenvalue weighted by atomic mass is 19.4. The molecule has 28 heavy (non-hydrogen) atoms. The summed E-state index contributed by atoms with van der Waals surface area (Å²) in [6.45, 7) is 5.51. The van der Waals surface area contributed by atoms with Gasteiger partial charge in [-0.2, -0.15) is 13.2 Å². The molecule has 2 aliphatic rings. The Labute approximate surface area is 164 Å². The molecule has 4 nitrogen and oxygen atoms in total. The number of alkyl halides is 3. The Morgan fingerprint density at radius 2 is 1.89 bits per heavy atom. The third-order valence-corrected chi connectivity index (χ3v) is 5.85. The van der Waals surface area contributed by atoms with E-state index in [0.29, 0.717) is 26.2 Å². The van der Waals surface area contributed by atoms with Crippen LogP contribution in [0.2, 0.25) is 0 Å². The zero-order valence-corrected chi connectivity index (χ0v) is 16.5. The summed E-state index contributed by atoms with van der Waals surface area (Å²) in [5.41, 5.74) is 2.72. The fourth-order valence-corrected chi connectivity index (χ4v) is 4.16. The van der Waals surface area contributed by atoms with Gasteiger partial charge in [0.05, 0.1) is 12.0 Å². The number of nitrogens with zero attached hydrogens (tertiary/aromatic N) is 2. The van der Waals surface area contributed by atoms with Crippen molar-refractivity contribution >= 4 is 11.6 Å². The maximum absolute atomic E-state index is 12.8. The van der Waals surface area contributed by atoms with Gasteiger partial charge in [0.15, 0.2) is 0 Å². The number of rotatable bonds is 4. The lowest BCUT2D eigenvalue weighted by Crippen LogP contribution is -2.40. The fraction of sp³-hybridized carbons (Fsp3) is 0.667. The number of hydrogen-bond acceptors (Lipinski definition) is 3. The number of likely N-dealkylation sites (tertiary alicyclic amines) is 1. The maximum Gasteiger partial charge on any atom is 0.391 e. The van der Waals surface area contributed by atoms with Crippen molar-refractivity contribution in [1.29, 1.82) is 0 Å². The molecule has 0 bridgehead atoms. The number of anilines is 1. The van der Waals surface area contributed by atoms with Crippen LogP contribution in [0.15, 0.2) is 18.2 Å². The van der Waals surface area contributed by atoms with Gasteiger partial charge in [0, 0.05) is 24.7 Å². The van der Waals surface area contributed by atoms with Gasteiger partial charge >= 0.3 is 6.18 Å². The minimum absolute atomic E-state index is 0.0733. The minimum atomic E-state index is -4.12. The van der Waals surface area contributed by atoms with Crippen LogP contribution in [0.5, 0.6) is 0 Å². The van der Waals surface area contributed by atoms with Crippen LogP contribution in [0.1, 0.15) is 50.3 Å². The largest absolute Gasteiger partial charge is 0.391 e. The molecule has 0 spiro atoms. The van der Waals surface area contributed by atoms with Crippen LogP contribution in [0.25, 0.3) is 0 Å². The van der Waals surface area contributed by atoms with Crippen LogP contribution in [-0.4, -0.2) is 48.3 Å². The third kappa shape index (κ3) is 4.69. The molecule has 0 saturated carbocycles. The van der Waals surface area contributed by atoms with E-state index < -0.39 is 18.2 Å². The van der Waals surface area contributed by atoms with E-state index in [1.807, 2.05) is 41.8 Å². The Bertz CT molecular complexity index is 697. The number of β-amino-alcohol motifs (C(OH)–C–C–N with tert-alkyl or cyclic N) is 1. The minimum Gasteiger partial charge on any atom is -0.387 e. The molecule has 1 saturated heterocycles. The topological polar surface area (TPSA) is 43.8 Å². The molecule has 156 valence electrons. The molecule has 3 rings (SSSR count). The molecule has 1 aromatic rings. The lowest BCUT2D eigenvalue weighted by atomic mass is 9.94. The number of carbonyl (C=O) groups excluding carboxylic acids is 1. The first-order chi connectivity index (χ1) is 13.2. The van der Waals surface area contributed by atoms with Crippen LogP contribution in [0.3, 0.4) is 0 Å². The molecule has 0 aliphatic carbocycles. The highest BCUT2D eigenvalue weighted by molar-refractivity contribution is 5.95. The van der Waals surface area contributed by atoms with Crippen molar-refractivity contribution in [2.24, 2.45) is 11.8 Å². The average molecular weight is 398 g/mol. The summed E-state index contributed by atoms with van der Waals surface area (Å²) in [5, 5.41) is 10.6. The van der Waals surface area contributed by atoms with Crippen molar-refractivity contribution in [2.45, 2.75) is 51.8 Å². The first-order valence-corrected chi connectivity index (χ1v) is 10.1. The number of benzene rings is 1. The quantitative estimate of drug-likeness (QED) is 0.836. The SMILES string of the molecule is CC(C)C(=O)N1CCCc2cc([C@H](O)CN3CCC(C(F)(F)F)CC3)ccc21. The molecule has 2 aliphatic heterocycles. The second-order valence-corrected chi connectivity index (χ2v) is 8.27. The summed E-state index contributed by atoms with van der Waals surface area (Å²) >= 11 is 0. The smallest absolute Gasteiger partial charge is 0.387 e. The van der Waals surface area contributed by atoms with Gasteiger partial charge in [0.1, 0.15) is 0 Å². The highest BCUT2D eigenvalue weighted by Crippen LogP contribution is 2.35. The summed E-state index contributed by atoms with van der Waals surface area (Å²) in [6.07, 6.45) is -2.95. The number of amides is 1. The van der Waals surface area contributed by atoms with E-state index in [2.05, 4.69) is 0 Å². The molecule has 1 N–H and O–H groups in total. The van der Waals surface area contributed by atoms with E-state index in [1.165, 1.54) is 0 Å². The number of carbonyl (C=O) groups is 1. The second kappa shape index (κ2) is 8.41. The van der Waals surface area contributed by atoms with E-state index in [9.17, 15) is 23.1 Å². The number of hydrogen-bond donors (Lipinski definition) is 1. The lowest BCUT2D eigenvalue weighted by Gasteiger charge is -2.34. The summed E-state index contributed by atoms with van der Waals surface area (Å²) in [4.78, 5) is 16.2. The van der Waals surface area contributed by atoms with Crippen molar-refractivity contribution in [1.82, 2.24) is 4.90 Å². The Kier molecular flexibility index (Phi) is 6.34. The first kappa shape index (κ1) is 21.1. The van der Waals surface area contributed by atoms with Crippen LogP contribution in [0.4, 0.5) is 18.9 Å². The average Bonchev–Trinajstić information content (AvgIpc) is 2.66. The molecule has 2 heterocycles. The second-order valence-electron chi connectivity index (χ2n) is 8.27. The van der Waals surface area contributed by atoms with Crippen molar-refractivity contribution in [3.63, 3.8) is 0 Å². The number of aliphatic hydroxyl groups excluding tert-OH is 1. The van der Waals surface area contributed by atoms with E-state index in [0.717, 1.165) is 29.7 Å². The number of aryl methyl sites for hydroxylation is 1. The standard InChI is InChI=1S/C21H29F3N2O2/c1-14(2)20(28)26-9-3-4-15-12-16(5-6-18(15)26)19(27)13-25-10-7-17(8-11-25)21(22,23)24/h5-6,12,14,17,19,27H,3-4,7-11,13H2,1-2H3/t19-/m1/s1. The van der Waals surface area contributed by atoms with Gasteiger partial charge in [-0.1, -0.05) is 26.0 Å². The first-order valence-electron chi connectivity index (χ1n) is 10.1. The van der Waals surface area contributed by atoms with E-state index in [1.54, 1.807) is 0 Å². The summed E-state index contributed by atoms with van der Waals surface area (Å²) in [5.74, 6) is -1.20. The number of halogens is 3. The van der Waals surface area contributed by atoms with Crippen LogP contribution in [0, 0.1) is 11.8 Å². The van der Waals surface area contributed by atoms with Crippen LogP contribution >= 0.6 is 0 Å². The summed E-state index contributed by atoms with van der Waals surface area (Å²) < 4.78 is 38.4. The molecular formula is C21H29F3N2O2. The molecule has 1 aromatic carbocycles. The van der Waals surface area contributed by atoms with Gasteiger partial charge in [-0.05, 0) is 56.0 Å². The molecule has 0 radical (unpaired) electrons. The van der Waals surface area contributed by atoms with Gasteiger partial charge in [0.2, 0.25) is 5.91 Å². The predicted octanol–water partition coefficient (Wildman–Crippen LogP) is 3.93. The van der Waals surface area contributed by atoms with Crippen molar-refractivity contribution in [3.05, 3.63) is 29.3 Å². The van der Waals surface area contributed by atoms with Gasteiger partial charge in [-0.15, -0.1) is 0 Å². The summed E-state index contributed by atoms with van der Waals surface area (Å²) in [7, 11) is 0. The van der Waals surface area contributed by atoms with Crippen molar-refractivity contribution in [2.75, 3.05) is 31.1 Å². The van der Waals surface area contributed by atoms with E-state index in [4.69, 9.17) is 0 Å². The van der Waals surface area contributed by atoms with Crippen molar-refractivity contribution < 1.29 is 23.1 Å². The number of aliphatic hydroxyl groups is 1. The fourth-order valence-electron chi connectivity index (χ4n) is 4.16. The Morgan fingerprint density at radius 1 is 1.21 bits per heavy atom. The van der Waals surface area contributed by atoms with Crippen LogP contribution < -0.4 is 4.90 Å². The third-order valence-electron chi connectivity index (χ3n) is 5.85. The molecule has 0 unspecified atom stereocenters.